The molecule has 1 unspecified atom stereocenters. The Morgan fingerprint density at radius 2 is 2.38 bits per heavy atom. The Bertz CT molecular complexity index is 406. The molecule has 0 aromatic carbocycles. The zero-order valence-corrected chi connectivity index (χ0v) is 9.96. The van der Waals surface area contributed by atoms with Crippen LogP contribution < -0.4 is 5.32 Å². The van der Waals surface area contributed by atoms with E-state index in [4.69, 9.17) is 4.42 Å². The molecule has 0 fully saturated rings. The highest BCUT2D eigenvalue weighted by molar-refractivity contribution is 7.08. The normalized spacial score (nSPS) is 14.9. The van der Waals surface area contributed by atoms with E-state index in [0.717, 1.165) is 11.3 Å². The highest BCUT2D eigenvalue weighted by Gasteiger charge is 2.22. The van der Waals surface area contributed by atoms with Crippen LogP contribution in [-0.4, -0.2) is 11.7 Å². The average molecular weight is 237 g/mol. The standard InChI is InChI=1S/C12H15NO2S/c1-12(14,10-4-6-16-8-10)9-13-7-11-3-2-5-15-11/h2-6,8,13-14H,7,9H2,1H3. The van der Waals surface area contributed by atoms with Crippen molar-refractivity contribution in [2.24, 2.45) is 0 Å². The molecule has 0 aliphatic rings. The summed E-state index contributed by atoms with van der Waals surface area (Å²) in [6.07, 6.45) is 1.65. The number of aliphatic hydroxyl groups is 1. The Labute approximate surface area is 98.7 Å². The molecule has 2 aromatic heterocycles. The van der Waals surface area contributed by atoms with Crippen LogP contribution in [0.2, 0.25) is 0 Å². The molecule has 2 heterocycles. The molecule has 0 saturated carbocycles. The van der Waals surface area contributed by atoms with Crippen LogP contribution in [0.1, 0.15) is 18.2 Å². The van der Waals surface area contributed by atoms with Crippen molar-refractivity contribution >= 4 is 11.3 Å². The van der Waals surface area contributed by atoms with Crippen LogP contribution in [0.3, 0.4) is 0 Å². The molecule has 86 valence electrons. The van der Waals surface area contributed by atoms with Crippen molar-refractivity contribution in [2.75, 3.05) is 6.54 Å². The summed E-state index contributed by atoms with van der Waals surface area (Å²) in [4.78, 5) is 0. The van der Waals surface area contributed by atoms with Gasteiger partial charge < -0.3 is 14.8 Å². The molecule has 16 heavy (non-hydrogen) atoms. The fourth-order valence-corrected chi connectivity index (χ4v) is 2.30. The molecular formula is C12H15NO2S. The van der Waals surface area contributed by atoms with Gasteiger partial charge in [0.2, 0.25) is 0 Å². The van der Waals surface area contributed by atoms with Gasteiger partial charge in [0.1, 0.15) is 5.76 Å². The summed E-state index contributed by atoms with van der Waals surface area (Å²) in [7, 11) is 0. The molecule has 3 nitrogen and oxygen atoms in total. The maximum absolute atomic E-state index is 10.2. The second-order valence-corrected chi connectivity index (χ2v) is 4.75. The lowest BCUT2D eigenvalue weighted by Gasteiger charge is -2.22. The number of furan rings is 1. The number of rotatable bonds is 5. The van der Waals surface area contributed by atoms with Gasteiger partial charge in [-0.1, -0.05) is 0 Å². The molecule has 2 aromatic rings. The smallest absolute Gasteiger partial charge is 0.117 e. The van der Waals surface area contributed by atoms with Crippen molar-refractivity contribution in [3.05, 3.63) is 46.5 Å². The van der Waals surface area contributed by atoms with Gasteiger partial charge in [-0.3, -0.25) is 0 Å². The van der Waals surface area contributed by atoms with Crippen LogP contribution in [0, 0.1) is 0 Å². The van der Waals surface area contributed by atoms with E-state index in [0.29, 0.717) is 13.1 Å². The average Bonchev–Trinajstić information content (AvgIpc) is 2.90. The molecule has 0 spiro atoms. The van der Waals surface area contributed by atoms with E-state index in [1.54, 1.807) is 17.6 Å². The van der Waals surface area contributed by atoms with Crippen molar-refractivity contribution < 1.29 is 9.52 Å². The van der Waals surface area contributed by atoms with Crippen LogP contribution >= 0.6 is 11.3 Å². The van der Waals surface area contributed by atoms with E-state index in [1.807, 2.05) is 35.9 Å². The van der Waals surface area contributed by atoms with Crippen molar-refractivity contribution in [1.29, 1.82) is 0 Å². The third kappa shape index (κ3) is 2.72. The van der Waals surface area contributed by atoms with Gasteiger partial charge in [0.15, 0.2) is 0 Å². The molecule has 0 amide bonds. The van der Waals surface area contributed by atoms with Crippen LogP contribution in [0.5, 0.6) is 0 Å². The van der Waals surface area contributed by atoms with Crippen molar-refractivity contribution in [2.45, 2.75) is 19.1 Å². The maximum atomic E-state index is 10.2. The summed E-state index contributed by atoms with van der Waals surface area (Å²) in [5.41, 5.74) is 0.122. The molecule has 2 N–H and O–H groups in total. The van der Waals surface area contributed by atoms with E-state index >= 15 is 0 Å². The SMILES string of the molecule is CC(O)(CNCc1ccco1)c1ccsc1. The van der Waals surface area contributed by atoms with Crippen molar-refractivity contribution in [1.82, 2.24) is 5.32 Å². The zero-order chi connectivity index (χ0) is 11.4. The Kier molecular flexibility index (Phi) is 3.43. The van der Waals surface area contributed by atoms with E-state index in [9.17, 15) is 5.11 Å². The lowest BCUT2D eigenvalue weighted by atomic mass is 9.99. The van der Waals surface area contributed by atoms with Crippen LogP contribution in [-0.2, 0) is 12.1 Å². The summed E-state index contributed by atoms with van der Waals surface area (Å²) >= 11 is 1.59. The first-order valence-corrected chi connectivity index (χ1v) is 6.11. The minimum atomic E-state index is -0.827. The predicted octanol–water partition coefficient (Wildman–Crippen LogP) is 2.34. The second kappa shape index (κ2) is 4.82. The third-order valence-corrected chi connectivity index (χ3v) is 3.17. The minimum Gasteiger partial charge on any atom is -0.468 e. The van der Waals surface area contributed by atoms with Crippen LogP contribution in [0.25, 0.3) is 0 Å². The van der Waals surface area contributed by atoms with E-state index in [-0.39, 0.29) is 0 Å². The Morgan fingerprint density at radius 3 is 3.00 bits per heavy atom. The molecule has 0 aliphatic carbocycles. The van der Waals surface area contributed by atoms with E-state index in [2.05, 4.69) is 5.32 Å². The quantitative estimate of drug-likeness (QED) is 0.839. The first-order chi connectivity index (χ1) is 7.68. The number of nitrogens with one attached hydrogen (secondary N) is 1. The fraction of sp³-hybridized carbons (Fsp3) is 0.333. The largest absolute Gasteiger partial charge is 0.468 e. The molecule has 0 aliphatic heterocycles. The van der Waals surface area contributed by atoms with Gasteiger partial charge in [0, 0.05) is 6.54 Å². The summed E-state index contributed by atoms with van der Waals surface area (Å²) in [6, 6.07) is 5.71. The molecule has 0 bridgehead atoms. The molecule has 1 atom stereocenters. The summed E-state index contributed by atoms with van der Waals surface area (Å²) in [5.74, 6) is 0.876. The predicted molar refractivity (Wildman–Crippen MR) is 64.3 cm³/mol. The summed E-state index contributed by atoms with van der Waals surface area (Å²) < 4.78 is 5.20. The molecule has 0 saturated heterocycles. The first-order valence-electron chi connectivity index (χ1n) is 5.17. The second-order valence-electron chi connectivity index (χ2n) is 3.97. The van der Waals surface area contributed by atoms with E-state index in [1.165, 1.54) is 0 Å². The van der Waals surface area contributed by atoms with Gasteiger partial charge >= 0.3 is 0 Å². The van der Waals surface area contributed by atoms with Gasteiger partial charge in [-0.25, -0.2) is 0 Å². The van der Waals surface area contributed by atoms with Gasteiger partial charge in [0.25, 0.3) is 0 Å². The van der Waals surface area contributed by atoms with Gasteiger partial charge in [-0.15, -0.1) is 0 Å². The number of hydrogen-bond acceptors (Lipinski definition) is 4. The monoisotopic (exact) mass is 237 g/mol. The van der Waals surface area contributed by atoms with Crippen LogP contribution in [0.4, 0.5) is 0 Å². The van der Waals surface area contributed by atoms with Crippen molar-refractivity contribution in [3.63, 3.8) is 0 Å². The summed E-state index contributed by atoms with van der Waals surface area (Å²) in [5, 5.41) is 17.3. The third-order valence-electron chi connectivity index (χ3n) is 2.49. The lowest BCUT2D eigenvalue weighted by molar-refractivity contribution is 0.0566. The molecular weight excluding hydrogens is 222 g/mol. The minimum absolute atomic E-state index is 0.504. The highest BCUT2D eigenvalue weighted by Crippen LogP contribution is 2.22. The van der Waals surface area contributed by atoms with Gasteiger partial charge in [0.05, 0.1) is 18.4 Å². The van der Waals surface area contributed by atoms with Gasteiger partial charge in [-0.05, 0) is 41.4 Å². The molecule has 0 radical (unpaired) electrons. The molecule has 4 heteroatoms. The number of thiophene rings is 1. The fourth-order valence-electron chi connectivity index (χ4n) is 1.52. The lowest BCUT2D eigenvalue weighted by Crippen LogP contribution is -2.34. The highest BCUT2D eigenvalue weighted by atomic mass is 32.1. The summed E-state index contributed by atoms with van der Waals surface area (Å²) in [6.45, 7) is 2.95. The first kappa shape index (κ1) is 11.4. The molecule has 2 rings (SSSR count). The van der Waals surface area contributed by atoms with Crippen molar-refractivity contribution in [3.8, 4) is 0 Å². The van der Waals surface area contributed by atoms with Gasteiger partial charge in [-0.2, -0.15) is 11.3 Å². The van der Waals surface area contributed by atoms with Crippen LogP contribution in [0.15, 0.2) is 39.6 Å². The Balaban J connectivity index is 1.85. The topological polar surface area (TPSA) is 45.4 Å². The zero-order valence-electron chi connectivity index (χ0n) is 9.14. The Hall–Kier alpha value is -1.10. The van der Waals surface area contributed by atoms with E-state index < -0.39 is 5.60 Å². The number of hydrogen-bond donors (Lipinski definition) is 2. The Morgan fingerprint density at radius 1 is 1.50 bits per heavy atom. The maximum Gasteiger partial charge on any atom is 0.117 e.